The maximum Gasteiger partial charge on any atom is 0.311 e. The van der Waals surface area contributed by atoms with Crippen LogP contribution in [0.25, 0.3) is 0 Å². The molecule has 2 rings (SSSR count). The Morgan fingerprint density at radius 1 is 0.628 bits per heavy atom. The van der Waals surface area contributed by atoms with Crippen LogP contribution in [0.5, 0.6) is 11.5 Å². The fourth-order valence-corrected chi connectivity index (χ4v) is 19.0. The average molecular weight is 647 g/mol. The summed E-state index contributed by atoms with van der Waals surface area (Å²) in [5.74, 6) is 1.30. The molecule has 2 aromatic rings. The Kier molecular flexibility index (Phi) is 12.8. The third kappa shape index (κ3) is 13.2. The van der Waals surface area contributed by atoms with Gasteiger partial charge in [0.2, 0.25) is 0 Å². The lowest BCUT2D eigenvalue weighted by Crippen LogP contribution is -2.52. The highest BCUT2D eigenvalue weighted by atomic mass is 28.5. The van der Waals surface area contributed by atoms with Crippen molar-refractivity contribution >= 4 is 36.8 Å². The molecular weight excluding hydrogens is 593 g/mol. The highest BCUT2D eigenvalue weighted by molar-refractivity contribution is 6.87. The van der Waals surface area contributed by atoms with E-state index in [-0.39, 0.29) is 11.6 Å². The molecule has 0 bridgehead atoms. The Labute approximate surface area is 262 Å². The molecule has 0 aliphatic heterocycles. The molecule has 10 heteroatoms. The van der Waals surface area contributed by atoms with Gasteiger partial charge in [-0.05, 0) is 127 Å². The summed E-state index contributed by atoms with van der Waals surface area (Å²) < 4.78 is 25.3. The van der Waals surface area contributed by atoms with Crippen molar-refractivity contribution in [3.63, 3.8) is 0 Å². The van der Waals surface area contributed by atoms with Gasteiger partial charge in [0.1, 0.15) is 17.1 Å². The molecular formula is C33H54O7Si3. The molecule has 0 atom stereocenters. The zero-order valence-corrected chi connectivity index (χ0v) is 31.3. The van der Waals surface area contributed by atoms with Crippen LogP contribution < -0.4 is 9.47 Å². The number of ether oxygens (including phenoxy) is 2. The summed E-state index contributed by atoms with van der Waals surface area (Å²) in [7, 11) is -6.26. The standard InChI is InChI=1S/C33H54O7Si3/c1-32(2,3)30(34)26-14-18-28(19-15-26)37-22-12-24-41(6,7)39-43(10,11)40-42(8,9)25-13-23-38-29-20-16-27(17-21-29)31(35)33(4,5)36/h14-21,36H,12-13,22-25H2,1-11H3. The second kappa shape index (κ2) is 14.8. The maximum atomic E-state index is 12.4. The van der Waals surface area contributed by atoms with E-state index in [4.69, 9.17) is 17.7 Å². The number of rotatable bonds is 17. The Morgan fingerprint density at radius 3 is 1.30 bits per heavy atom. The van der Waals surface area contributed by atoms with Gasteiger partial charge in [-0.1, -0.05) is 20.8 Å². The summed E-state index contributed by atoms with van der Waals surface area (Å²) >= 11 is 0. The van der Waals surface area contributed by atoms with Gasteiger partial charge in [0.25, 0.3) is 0 Å². The molecule has 0 heterocycles. The van der Waals surface area contributed by atoms with Gasteiger partial charge in [-0.15, -0.1) is 0 Å². The predicted molar refractivity (Wildman–Crippen MR) is 182 cm³/mol. The fourth-order valence-electron chi connectivity index (χ4n) is 5.02. The van der Waals surface area contributed by atoms with Crippen LogP contribution in [0.2, 0.25) is 51.4 Å². The summed E-state index contributed by atoms with van der Waals surface area (Å²) in [6, 6.07) is 16.3. The normalized spacial score (nSPS) is 13.1. The van der Waals surface area contributed by atoms with Gasteiger partial charge in [-0.3, -0.25) is 9.59 Å². The van der Waals surface area contributed by atoms with Gasteiger partial charge < -0.3 is 22.8 Å². The summed E-state index contributed by atoms with van der Waals surface area (Å²) in [5, 5.41) is 9.92. The predicted octanol–water partition coefficient (Wildman–Crippen LogP) is 8.25. The molecule has 1 N–H and O–H groups in total. The SMILES string of the molecule is CC(C)(C)C(=O)c1ccc(OCCC[Si](C)(C)O[Si](C)(C)O[Si](C)(C)CCCOc2ccc(C(=O)C(C)(C)O)cc2)cc1. The Bertz CT molecular complexity index is 1100. The Hall–Kier alpha value is -2.09. The largest absolute Gasteiger partial charge is 0.494 e. The topological polar surface area (TPSA) is 91.3 Å². The van der Waals surface area contributed by atoms with Crippen LogP contribution in [0, 0.1) is 5.41 Å². The monoisotopic (exact) mass is 646 g/mol. The van der Waals surface area contributed by atoms with Crippen LogP contribution in [0.1, 0.15) is 68.2 Å². The highest BCUT2D eigenvalue weighted by Gasteiger charge is 2.39. The molecule has 0 aromatic heterocycles. The van der Waals surface area contributed by atoms with E-state index in [1.165, 1.54) is 13.8 Å². The Balaban J connectivity index is 1.75. The Morgan fingerprint density at radius 2 is 0.977 bits per heavy atom. The molecule has 0 saturated heterocycles. The number of hydrogen-bond acceptors (Lipinski definition) is 7. The second-order valence-electron chi connectivity index (χ2n) is 14.5. The number of benzene rings is 2. The molecule has 43 heavy (non-hydrogen) atoms. The lowest BCUT2D eigenvalue weighted by Gasteiger charge is -2.38. The summed E-state index contributed by atoms with van der Waals surface area (Å²) in [4.78, 5) is 24.6. The van der Waals surface area contributed by atoms with E-state index in [9.17, 15) is 14.7 Å². The number of carbonyl (C=O) groups is 2. The van der Waals surface area contributed by atoms with Crippen molar-refractivity contribution in [1.82, 2.24) is 0 Å². The van der Waals surface area contributed by atoms with Gasteiger partial charge in [0, 0.05) is 16.5 Å². The van der Waals surface area contributed by atoms with Gasteiger partial charge in [-0.2, -0.15) is 0 Å². The first kappa shape index (κ1) is 37.1. The van der Waals surface area contributed by atoms with Crippen molar-refractivity contribution in [2.45, 2.75) is 104 Å². The first-order valence-electron chi connectivity index (χ1n) is 15.3. The zero-order chi connectivity index (χ0) is 32.7. The minimum atomic E-state index is -2.33. The lowest BCUT2D eigenvalue weighted by molar-refractivity contribution is 0.0488. The van der Waals surface area contributed by atoms with Crippen molar-refractivity contribution in [3.05, 3.63) is 59.7 Å². The van der Waals surface area contributed by atoms with E-state index in [1.807, 2.05) is 45.0 Å². The molecule has 0 aliphatic carbocycles. The van der Waals surface area contributed by atoms with E-state index in [1.54, 1.807) is 24.3 Å². The first-order chi connectivity index (χ1) is 19.6. The maximum absolute atomic E-state index is 12.4. The van der Waals surface area contributed by atoms with Crippen LogP contribution in [0.4, 0.5) is 0 Å². The van der Waals surface area contributed by atoms with Gasteiger partial charge in [0.15, 0.2) is 28.2 Å². The van der Waals surface area contributed by atoms with Crippen LogP contribution in [-0.2, 0) is 8.23 Å². The van der Waals surface area contributed by atoms with Gasteiger partial charge in [0.05, 0.1) is 13.2 Å². The molecule has 2 aromatic carbocycles. The van der Waals surface area contributed by atoms with Crippen LogP contribution >= 0.6 is 0 Å². The zero-order valence-electron chi connectivity index (χ0n) is 28.3. The third-order valence-corrected chi connectivity index (χ3v) is 18.4. The molecule has 7 nitrogen and oxygen atoms in total. The van der Waals surface area contributed by atoms with Crippen LogP contribution in [0.15, 0.2) is 48.5 Å². The minimum Gasteiger partial charge on any atom is -0.494 e. The first-order valence-corrected chi connectivity index (χ1v) is 24.3. The molecule has 0 spiro atoms. The second-order valence-corrected chi connectivity index (χ2v) is 27.0. The third-order valence-electron chi connectivity index (χ3n) is 6.90. The molecule has 0 unspecified atom stereocenters. The smallest absolute Gasteiger partial charge is 0.311 e. The highest BCUT2D eigenvalue weighted by Crippen LogP contribution is 2.27. The number of ketones is 2. The van der Waals surface area contributed by atoms with Gasteiger partial charge in [-0.25, -0.2) is 0 Å². The van der Waals surface area contributed by atoms with E-state index >= 15 is 0 Å². The van der Waals surface area contributed by atoms with Crippen molar-refractivity contribution in [2.75, 3.05) is 13.2 Å². The van der Waals surface area contributed by atoms with Crippen LogP contribution in [-0.4, -0.2) is 60.7 Å². The molecule has 0 aliphatic rings. The van der Waals surface area contributed by atoms with Crippen LogP contribution in [0.3, 0.4) is 0 Å². The average Bonchev–Trinajstić information content (AvgIpc) is 2.86. The molecule has 0 fully saturated rings. The van der Waals surface area contributed by atoms with E-state index < -0.39 is 36.2 Å². The molecule has 240 valence electrons. The summed E-state index contributed by atoms with van der Waals surface area (Å²) in [6.45, 7) is 23.2. The molecule has 0 saturated carbocycles. The number of hydrogen-bond donors (Lipinski definition) is 1. The molecule has 0 radical (unpaired) electrons. The number of Topliss-reactive ketones (excluding diaryl/α,β-unsaturated/α-hetero) is 2. The van der Waals surface area contributed by atoms with Crippen molar-refractivity contribution < 1.29 is 32.4 Å². The lowest BCUT2D eigenvalue weighted by atomic mass is 9.86. The molecule has 0 amide bonds. The minimum absolute atomic E-state index is 0.127. The summed E-state index contributed by atoms with van der Waals surface area (Å²) in [5.41, 5.74) is -0.619. The fraction of sp³-hybridized carbons (Fsp3) is 0.576. The van der Waals surface area contributed by atoms with Crippen molar-refractivity contribution in [3.8, 4) is 11.5 Å². The van der Waals surface area contributed by atoms with E-state index in [0.717, 1.165) is 30.7 Å². The summed E-state index contributed by atoms with van der Waals surface area (Å²) in [6.07, 6.45) is 1.77. The van der Waals surface area contributed by atoms with Crippen molar-refractivity contribution in [1.29, 1.82) is 0 Å². The van der Waals surface area contributed by atoms with E-state index in [0.29, 0.717) is 30.1 Å². The van der Waals surface area contributed by atoms with Crippen molar-refractivity contribution in [2.24, 2.45) is 5.41 Å². The van der Waals surface area contributed by atoms with E-state index in [2.05, 4.69) is 39.3 Å². The number of aliphatic hydroxyl groups is 1. The quantitative estimate of drug-likeness (QED) is 0.105. The van der Waals surface area contributed by atoms with Gasteiger partial charge >= 0.3 is 8.56 Å². The number of carbonyl (C=O) groups excluding carboxylic acids is 2.